The fourth-order valence-electron chi connectivity index (χ4n) is 2.38. The molecule has 2 aromatic rings. The fraction of sp³-hybridized carbons (Fsp3) is 0.182. The highest BCUT2D eigenvalue weighted by molar-refractivity contribution is 6.16. The van der Waals surface area contributed by atoms with E-state index in [-0.39, 0.29) is 12.4 Å². The van der Waals surface area contributed by atoms with Crippen molar-refractivity contribution in [3.05, 3.63) is 83.4 Å². The zero-order valence-corrected chi connectivity index (χ0v) is 16.0. The number of rotatable bonds is 8. The van der Waals surface area contributed by atoms with Gasteiger partial charge in [0.25, 0.3) is 0 Å². The molecule has 0 aliphatic carbocycles. The Morgan fingerprint density at radius 1 is 1.11 bits per heavy atom. The van der Waals surface area contributed by atoms with Crippen LogP contribution in [-0.4, -0.2) is 25.9 Å². The second-order valence-corrected chi connectivity index (χ2v) is 5.81. The molecule has 0 radical (unpaired) electrons. The number of halogens is 1. The van der Waals surface area contributed by atoms with Crippen LogP contribution in [0.15, 0.2) is 66.0 Å². The number of allylic oxidation sites excluding steroid dienone is 1. The van der Waals surface area contributed by atoms with Gasteiger partial charge in [0.15, 0.2) is 0 Å². The van der Waals surface area contributed by atoms with Crippen LogP contribution in [0.5, 0.6) is 0 Å². The standard InChI is InChI=1S/C22H22FNO4/c1-16(8-9-17-10-12-19(23)13-11-17)24-28-14-18-6-4-5-7-20(18)21(15-26-2)22(25)27-3/h4-13,15H,14H2,1-3H3. The summed E-state index contributed by atoms with van der Waals surface area (Å²) in [4.78, 5) is 17.4. The van der Waals surface area contributed by atoms with Gasteiger partial charge in [-0.1, -0.05) is 47.6 Å². The van der Waals surface area contributed by atoms with Gasteiger partial charge < -0.3 is 14.3 Å². The molecule has 0 spiro atoms. The molecule has 2 rings (SSSR count). The molecule has 5 nitrogen and oxygen atoms in total. The summed E-state index contributed by atoms with van der Waals surface area (Å²) in [5.74, 6) is -0.783. The first kappa shape index (κ1) is 20.9. The number of hydrogen-bond donors (Lipinski definition) is 0. The molecular formula is C22H22FNO4. The van der Waals surface area contributed by atoms with Crippen molar-refractivity contribution < 1.29 is 23.5 Å². The maximum absolute atomic E-state index is 12.9. The molecule has 2 aromatic carbocycles. The summed E-state index contributed by atoms with van der Waals surface area (Å²) in [6.07, 6.45) is 4.92. The molecule has 28 heavy (non-hydrogen) atoms. The van der Waals surface area contributed by atoms with Crippen molar-refractivity contribution in [1.29, 1.82) is 0 Å². The lowest BCUT2D eigenvalue weighted by molar-refractivity contribution is -0.133. The van der Waals surface area contributed by atoms with E-state index in [9.17, 15) is 9.18 Å². The molecule has 0 bridgehead atoms. The van der Waals surface area contributed by atoms with Gasteiger partial charge >= 0.3 is 5.97 Å². The lowest BCUT2D eigenvalue weighted by Crippen LogP contribution is -2.07. The van der Waals surface area contributed by atoms with E-state index >= 15 is 0 Å². The Bertz CT molecular complexity index is 886. The van der Waals surface area contributed by atoms with Gasteiger partial charge in [-0.2, -0.15) is 0 Å². The number of hydrogen-bond acceptors (Lipinski definition) is 5. The summed E-state index contributed by atoms with van der Waals surface area (Å²) >= 11 is 0. The quantitative estimate of drug-likeness (QED) is 0.220. The van der Waals surface area contributed by atoms with E-state index in [1.807, 2.05) is 24.3 Å². The van der Waals surface area contributed by atoms with Crippen LogP contribution in [0.25, 0.3) is 11.6 Å². The highest BCUT2D eigenvalue weighted by Crippen LogP contribution is 2.21. The molecular weight excluding hydrogens is 361 g/mol. The molecule has 0 amide bonds. The van der Waals surface area contributed by atoms with E-state index < -0.39 is 5.97 Å². The highest BCUT2D eigenvalue weighted by Gasteiger charge is 2.16. The average molecular weight is 383 g/mol. The fourth-order valence-corrected chi connectivity index (χ4v) is 2.38. The molecule has 0 aliphatic heterocycles. The van der Waals surface area contributed by atoms with Crippen LogP contribution in [-0.2, 0) is 25.7 Å². The summed E-state index contributed by atoms with van der Waals surface area (Å²) in [5.41, 5.74) is 3.19. The summed E-state index contributed by atoms with van der Waals surface area (Å²) in [7, 11) is 2.77. The van der Waals surface area contributed by atoms with E-state index in [0.717, 1.165) is 11.1 Å². The van der Waals surface area contributed by atoms with E-state index in [0.29, 0.717) is 16.8 Å². The van der Waals surface area contributed by atoms with Crippen molar-refractivity contribution >= 4 is 23.3 Å². The minimum absolute atomic E-state index is 0.163. The lowest BCUT2D eigenvalue weighted by atomic mass is 10.0. The third-order valence-corrected chi connectivity index (χ3v) is 3.76. The van der Waals surface area contributed by atoms with Crippen LogP contribution >= 0.6 is 0 Å². The lowest BCUT2D eigenvalue weighted by Gasteiger charge is -2.10. The Kier molecular flexibility index (Phi) is 7.96. The Morgan fingerprint density at radius 2 is 1.82 bits per heavy atom. The molecule has 0 N–H and O–H groups in total. The first-order valence-corrected chi connectivity index (χ1v) is 8.55. The molecule has 0 heterocycles. The number of ether oxygens (including phenoxy) is 2. The minimum atomic E-state index is -0.504. The molecule has 146 valence electrons. The van der Waals surface area contributed by atoms with Gasteiger partial charge in [0.2, 0.25) is 0 Å². The Balaban J connectivity index is 2.08. The van der Waals surface area contributed by atoms with E-state index in [2.05, 4.69) is 5.16 Å². The number of benzene rings is 2. The van der Waals surface area contributed by atoms with Gasteiger partial charge in [-0.05, 0) is 36.3 Å². The topological polar surface area (TPSA) is 57.1 Å². The van der Waals surface area contributed by atoms with Crippen LogP contribution in [0.2, 0.25) is 0 Å². The molecule has 0 saturated carbocycles. The van der Waals surface area contributed by atoms with Crippen LogP contribution in [0, 0.1) is 5.82 Å². The predicted octanol–water partition coefficient (Wildman–Crippen LogP) is 4.59. The second kappa shape index (κ2) is 10.7. The number of carbonyl (C=O) groups is 1. The Morgan fingerprint density at radius 3 is 2.50 bits per heavy atom. The molecule has 0 aromatic heterocycles. The zero-order chi connectivity index (χ0) is 20.4. The molecule has 0 aliphatic rings. The Hall–Kier alpha value is -3.41. The number of methoxy groups -OCH3 is 2. The SMILES string of the molecule is COC=C(C(=O)OC)c1ccccc1CON=C(C)C=Cc1ccc(F)cc1. The van der Waals surface area contributed by atoms with Gasteiger partial charge in [-0.3, -0.25) is 0 Å². The van der Waals surface area contributed by atoms with Crippen molar-refractivity contribution in [3.8, 4) is 0 Å². The molecule has 0 saturated heterocycles. The van der Waals surface area contributed by atoms with Crippen LogP contribution in [0.3, 0.4) is 0 Å². The predicted molar refractivity (Wildman–Crippen MR) is 107 cm³/mol. The number of carbonyl (C=O) groups excluding carboxylic acids is 1. The summed E-state index contributed by atoms with van der Waals surface area (Å²) < 4.78 is 22.7. The van der Waals surface area contributed by atoms with Crippen LogP contribution < -0.4 is 0 Å². The average Bonchev–Trinajstić information content (AvgIpc) is 2.71. The number of nitrogens with zero attached hydrogens (tertiary/aromatic N) is 1. The molecule has 0 unspecified atom stereocenters. The van der Waals surface area contributed by atoms with Crippen molar-refractivity contribution in [2.75, 3.05) is 14.2 Å². The molecule has 0 atom stereocenters. The first-order chi connectivity index (χ1) is 13.5. The van der Waals surface area contributed by atoms with Gasteiger partial charge in [-0.15, -0.1) is 0 Å². The summed E-state index contributed by atoms with van der Waals surface area (Å²) in [6.45, 7) is 1.95. The minimum Gasteiger partial charge on any atom is -0.503 e. The van der Waals surface area contributed by atoms with E-state index in [1.54, 1.807) is 31.2 Å². The van der Waals surface area contributed by atoms with Crippen molar-refractivity contribution in [3.63, 3.8) is 0 Å². The maximum Gasteiger partial charge on any atom is 0.341 e. The molecule has 0 fully saturated rings. The number of oxime groups is 1. The van der Waals surface area contributed by atoms with E-state index in [4.69, 9.17) is 14.3 Å². The third kappa shape index (κ3) is 6.09. The normalized spacial score (nSPS) is 12.1. The van der Waals surface area contributed by atoms with E-state index in [1.165, 1.54) is 32.6 Å². The van der Waals surface area contributed by atoms with Crippen LogP contribution in [0.1, 0.15) is 23.6 Å². The maximum atomic E-state index is 12.9. The number of esters is 1. The van der Waals surface area contributed by atoms with Gasteiger partial charge in [-0.25, -0.2) is 9.18 Å². The summed E-state index contributed by atoms with van der Waals surface area (Å²) in [5, 5.41) is 4.05. The van der Waals surface area contributed by atoms with Crippen molar-refractivity contribution in [1.82, 2.24) is 0 Å². The largest absolute Gasteiger partial charge is 0.503 e. The Labute approximate surface area is 163 Å². The van der Waals surface area contributed by atoms with Crippen molar-refractivity contribution in [2.24, 2.45) is 5.16 Å². The van der Waals surface area contributed by atoms with Crippen LogP contribution in [0.4, 0.5) is 4.39 Å². The van der Waals surface area contributed by atoms with Gasteiger partial charge in [0, 0.05) is 5.56 Å². The van der Waals surface area contributed by atoms with Gasteiger partial charge in [0.05, 0.1) is 26.2 Å². The van der Waals surface area contributed by atoms with Gasteiger partial charge in [0.1, 0.15) is 18.0 Å². The monoisotopic (exact) mass is 383 g/mol. The van der Waals surface area contributed by atoms with Crippen molar-refractivity contribution in [2.45, 2.75) is 13.5 Å². The molecule has 6 heteroatoms. The smallest absolute Gasteiger partial charge is 0.341 e. The first-order valence-electron chi connectivity index (χ1n) is 8.55. The summed E-state index contributed by atoms with van der Waals surface area (Å²) in [6, 6.07) is 13.4. The third-order valence-electron chi connectivity index (χ3n) is 3.76. The highest BCUT2D eigenvalue weighted by atomic mass is 19.1. The zero-order valence-electron chi connectivity index (χ0n) is 16.0. The second-order valence-electron chi connectivity index (χ2n) is 5.81.